The van der Waals surface area contributed by atoms with Gasteiger partial charge in [-0.1, -0.05) is 0 Å². The number of non-ortho nitro benzene ring substituents is 1. The first-order chi connectivity index (χ1) is 18.0. The summed E-state index contributed by atoms with van der Waals surface area (Å²) in [5.41, 5.74) is 3.61. The van der Waals surface area contributed by atoms with Crippen molar-refractivity contribution in [3.63, 3.8) is 0 Å². The Balaban J connectivity index is 1.78. The number of nitro groups is 1. The molecule has 0 aliphatic heterocycles. The van der Waals surface area contributed by atoms with Crippen LogP contribution < -0.4 is 15.9 Å². The maximum atomic E-state index is 11.2. The second-order valence-corrected chi connectivity index (χ2v) is 18.1. The fourth-order valence-corrected chi connectivity index (χ4v) is 13.5. The summed E-state index contributed by atoms with van der Waals surface area (Å²) >= 11 is 4.59. The molecule has 0 N–H and O–H groups in total. The van der Waals surface area contributed by atoms with E-state index in [1.807, 2.05) is 12.1 Å². The van der Waals surface area contributed by atoms with Crippen molar-refractivity contribution in [3.8, 4) is 0 Å². The molecule has 5 aromatic rings. The molecule has 5 rings (SSSR count). The Morgan fingerprint density at radius 1 is 0.595 bits per heavy atom. The summed E-state index contributed by atoms with van der Waals surface area (Å²) < 4.78 is 0. The van der Waals surface area contributed by atoms with Gasteiger partial charge in [-0.05, 0) is 0 Å². The van der Waals surface area contributed by atoms with Crippen LogP contribution in [0.3, 0.4) is 0 Å². The summed E-state index contributed by atoms with van der Waals surface area (Å²) in [5, 5.41) is 11.8. The van der Waals surface area contributed by atoms with Gasteiger partial charge in [-0.15, -0.1) is 0 Å². The van der Waals surface area contributed by atoms with E-state index in [0.717, 1.165) is 11.7 Å². The van der Waals surface area contributed by atoms with Gasteiger partial charge in [0.15, 0.2) is 0 Å². The van der Waals surface area contributed by atoms with Crippen molar-refractivity contribution in [2.45, 2.75) is 12.6 Å². The molecule has 184 valence electrons. The van der Waals surface area contributed by atoms with Gasteiger partial charge in [0.25, 0.3) is 0 Å². The van der Waals surface area contributed by atoms with Gasteiger partial charge in [0.1, 0.15) is 0 Å². The molecule has 0 saturated heterocycles. The molecular weight excluding hydrogens is 541 g/mol. The number of halogens is 1. The Bertz CT molecular complexity index is 1470. The SMILES string of the molecule is O=[N+]([O-])c1ccc(Cc2ccccc2P(Br)(Cc2ccccc2)(c2ccccc2)c2ccccc2)cc1. The maximum absolute atomic E-state index is 11.2. The van der Waals surface area contributed by atoms with Crippen molar-refractivity contribution >= 4 is 42.4 Å². The van der Waals surface area contributed by atoms with Crippen molar-refractivity contribution < 1.29 is 4.92 Å². The van der Waals surface area contributed by atoms with E-state index in [4.69, 9.17) is 0 Å². The zero-order chi connectivity index (χ0) is 25.7. The van der Waals surface area contributed by atoms with Crippen LogP contribution in [-0.4, -0.2) is 4.92 Å². The van der Waals surface area contributed by atoms with E-state index in [9.17, 15) is 10.1 Å². The number of nitro benzene ring substituents is 1. The van der Waals surface area contributed by atoms with Crippen LogP contribution in [0, 0.1) is 10.1 Å². The van der Waals surface area contributed by atoms with Crippen molar-refractivity contribution in [1.29, 1.82) is 0 Å². The average Bonchev–Trinajstić information content (AvgIpc) is 2.95. The predicted octanol–water partition coefficient (Wildman–Crippen LogP) is 7.53. The quantitative estimate of drug-likeness (QED) is 0.110. The summed E-state index contributed by atoms with van der Waals surface area (Å²) in [4.78, 5) is 10.8. The average molecular weight is 568 g/mol. The molecule has 0 unspecified atom stereocenters. The molecule has 0 aliphatic carbocycles. The van der Waals surface area contributed by atoms with Crippen LogP contribution in [0.4, 0.5) is 5.69 Å². The molecule has 5 aromatic carbocycles. The molecule has 0 radical (unpaired) electrons. The zero-order valence-corrected chi connectivity index (χ0v) is 22.8. The Morgan fingerprint density at radius 2 is 1.08 bits per heavy atom. The van der Waals surface area contributed by atoms with Gasteiger partial charge in [-0.25, -0.2) is 0 Å². The number of nitrogens with zero attached hydrogens (tertiary/aromatic N) is 1. The molecule has 0 spiro atoms. The van der Waals surface area contributed by atoms with Gasteiger partial charge < -0.3 is 0 Å². The molecule has 0 amide bonds. The van der Waals surface area contributed by atoms with Gasteiger partial charge in [-0.2, -0.15) is 0 Å². The van der Waals surface area contributed by atoms with Crippen LogP contribution in [0.1, 0.15) is 16.7 Å². The first kappa shape index (κ1) is 25.1. The van der Waals surface area contributed by atoms with Gasteiger partial charge in [0, 0.05) is 0 Å². The molecule has 37 heavy (non-hydrogen) atoms. The van der Waals surface area contributed by atoms with E-state index in [1.165, 1.54) is 27.0 Å². The zero-order valence-electron chi connectivity index (χ0n) is 20.3. The van der Waals surface area contributed by atoms with Crippen LogP contribution in [-0.2, 0) is 12.6 Å². The second kappa shape index (κ2) is 10.4. The molecular formula is C32H27BrNO2P. The third kappa shape index (κ3) is 4.75. The first-order valence-electron chi connectivity index (χ1n) is 12.2. The van der Waals surface area contributed by atoms with E-state index in [-0.39, 0.29) is 10.6 Å². The summed E-state index contributed by atoms with van der Waals surface area (Å²) in [7, 11) is 0. The molecule has 0 bridgehead atoms. The van der Waals surface area contributed by atoms with Crippen LogP contribution in [0.15, 0.2) is 140 Å². The van der Waals surface area contributed by atoms with Gasteiger partial charge in [0.2, 0.25) is 0 Å². The van der Waals surface area contributed by atoms with Crippen LogP contribution in [0.5, 0.6) is 0 Å². The Hall–Kier alpha value is -3.59. The minimum atomic E-state index is -3.21. The van der Waals surface area contributed by atoms with E-state index in [1.54, 1.807) is 12.1 Å². The number of hydrogen-bond acceptors (Lipinski definition) is 2. The van der Waals surface area contributed by atoms with Gasteiger partial charge in [0.05, 0.1) is 0 Å². The Labute approximate surface area is 225 Å². The van der Waals surface area contributed by atoms with Crippen molar-refractivity contribution in [2.24, 2.45) is 0 Å². The summed E-state index contributed by atoms with van der Waals surface area (Å²) in [6.45, 7) is 0. The second-order valence-electron chi connectivity index (χ2n) is 9.23. The normalized spacial score (nSPS) is 12.4. The molecule has 3 nitrogen and oxygen atoms in total. The van der Waals surface area contributed by atoms with Crippen molar-refractivity contribution in [2.75, 3.05) is 0 Å². The van der Waals surface area contributed by atoms with Crippen LogP contribution >= 0.6 is 20.8 Å². The Kier molecular flexibility index (Phi) is 7.06. The molecule has 0 aliphatic rings. The van der Waals surface area contributed by atoms with E-state index in [2.05, 4.69) is 131 Å². The standard InChI is InChI=1S/C32H27BrNO2P/c33-37(30-15-6-2-7-16-30,31-17-8-3-9-18-31,25-27-12-4-1-5-13-27)32-19-11-10-14-28(32)24-26-20-22-29(23-21-26)34(35)36/h1-23H,24-25H2. The fraction of sp³-hybridized carbons (Fsp3) is 0.0625. The van der Waals surface area contributed by atoms with Crippen molar-refractivity contribution in [1.82, 2.24) is 0 Å². The number of benzene rings is 5. The third-order valence-corrected chi connectivity index (χ3v) is 16.5. The molecule has 0 aromatic heterocycles. The monoisotopic (exact) mass is 567 g/mol. The molecule has 0 heterocycles. The van der Waals surface area contributed by atoms with Gasteiger partial charge in [-0.3, -0.25) is 0 Å². The molecule has 0 saturated carbocycles. The Morgan fingerprint density at radius 3 is 1.62 bits per heavy atom. The summed E-state index contributed by atoms with van der Waals surface area (Å²) in [5.74, 6) is 0. The summed E-state index contributed by atoms with van der Waals surface area (Å²) in [6, 6.07) is 47.8. The van der Waals surface area contributed by atoms with Gasteiger partial charge >= 0.3 is 226 Å². The fourth-order valence-electron chi connectivity index (χ4n) is 5.17. The van der Waals surface area contributed by atoms with Crippen molar-refractivity contribution in [3.05, 3.63) is 166 Å². The van der Waals surface area contributed by atoms with E-state index in [0.29, 0.717) is 6.42 Å². The predicted molar refractivity (Wildman–Crippen MR) is 160 cm³/mol. The topological polar surface area (TPSA) is 43.1 Å². The molecule has 0 fully saturated rings. The molecule has 5 heteroatoms. The van der Waals surface area contributed by atoms with E-state index >= 15 is 0 Å². The van der Waals surface area contributed by atoms with E-state index < -0.39 is 5.31 Å². The summed E-state index contributed by atoms with van der Waals surface area (Å²) in [6.07, 6.45) is 1.49. The number of hydrogen-bond donors (Lipinski definition) is 0. The third-order valence-electron chi connectivity index (χ3n) is 6.95. The number of rotatable bonds is 8. The minimum absolute atomic E-state index is 0.106. The first-order valence-corrected chi connectivity index (χ1v) is 16.6. The van der Waals surface area contributed by atoms with Crippen LogP contribution in [0.25, 0.3) is 0 Å². The molecule has 0 atom stereocenters. The van der Waals surface area contributed by atoms with Crippen LogP contribution in [0.2, 0.25) is 0 Å².